The third-order valence-electron chi connectivity index (χ3n) is 4.55. The Bertz CT molecular complexity index is 608. The van der Waals surface area contributed by atoms with Crippen LogP contribution < -0.4 is 10.6 Å². The van der Waals surface area contributed by atoms with E-state index in [1.54, 1.807) is 24.3 Å². The van der Waals surface area contributed by atoms with Crippen molar-refractivity contribution >= 4 is 17.8 Å². The van der Waals surface area contributed by atoms with Crippen LogP contribution in [0, 0.1) is 0 Å². The fraction of sp³-hybridized carbons (Fsp3) is 0.526. The lowest BCUT2D eigenvalue weighted by Gasteiger charge is -2.17. The summed E-state index contributed by atoms with van der Waals surface area (Å²) in [4.78, 5) is 39.7. The third-order valence-corrected chi connectivity index (χ3v) is 4.55. The standard InChI is InChI=1S/C19H28N4O3/c1-3-22(4-2)13-7-11-20-19(26)21-12-8-14-23-17(24)15-9-5-6-10-16(15)18(23)25/h5-6,9-10H,3-4,7-8,11-14H2,1-2H3,(H2,20,21,26). The van der Waals surface area contributed by atoms with E-state index in [4.69, 9.17) is 0 Å². The van der Waals surface area contributed by atoms with Gasteiger partial charge in [-0.25, -0.2) is 4.79 Å². The summed E-state index contributed by atoms with van der Waals surface area (Å²) in [5.74, 6) is -0.516. The first-order valence-corrected chi connectivity index (χ1v) is 9.27. The molecule has 0 saturated heterocycles. The van der Waals surface area contributed by atoms with Crippen LogP contribution in [0.5, 0.6) is 0 Å². The zero-order chi connectivity index (χ0) is 18.9. The highest BCUT2D eigenvalue weighted by molar-refractivity contribution is 6.21. The van der Waals surface area contributed by atoms with Crippen LogP contribution in [-0.4, -0.2) is 66.9 Å². The van der Waals surface area contributed by atoms with Gasteiger partial charge < -0.3 is 15.5 Å². The van der Waals surface area contributed by atoms with E-state index in [1.165, 1.54) is 4.90 Å². The Labute approximate surface area is 154 Å². The molecule has 1 aromatic carbocycles. The maximum Gasteiger partial charge on any atom is 0.314 e. The predicted molar refractivity (Wildman–Crippen MR) is 100 cm³/mol. The lowest BCUT2D eigenvalue weighted by Crippen LogP contribution is -2.39. The molecule has 0 saturated carbocycles. The number of fused-ring (bicyclic) bond motifs is 1. The van der Waals surface area contributed by atoms with Crippen molar-refractivity contribution in [2.24, 2.45) is 0 Å². The minimum Gasteiger partial charge on any atom is -0.338 e. The summed E-state index contributed by atoms with van der Waals surface area (Å²) in [5.41, 5.74) is 0.910. The van der Waals surface area contributed by atoms with Crippen molar-refractivity contribution in [3.8, 4) is 0 Å². The van der Waals surface area contributed by atoms with E-state index >= 15 is 0 Å². The highest BCUT2D eigenvalue weighted by atomic mass is 16.2. The fourth-order valence-electron chi connectivity index (χ4n) is 2.99. The Hall–Kier alpha value is -2.41. The fourth-order valence-corrected chi connectivity index (χ4v) is 2.99. The Morgan fingerprint density at radius 1 is 0.962 bits per heavy atom. The lowest BCUT2D eigenvalue weighted by atomic mass is 10.1. The molecule has 0 aliphatic carbocycles. The molecular formula is C19H28N4O3. The molecule has 7 heteroatoms. The molecule has 0 unspecified atom stereocenters. The number of nitrogens with zero attached hydrogens (tertiary/aromatic N) is 2. The lowest BCUT2D eigenvalue weighted by molar-refractivity contribution is 0.0653. The van der Waals surface area contributed by atoms with E-state index in [0.717, 1.165) is 26.1 Å². The highest BCUT2D eigenvalue weighted by Gasteiger charge is 2.34. The Morgan fingerprint density at radius 2 is 1.50 bits per heavy atom. The Kier molecular flexibility index (Phi) is 7.59. The zero-order valence-electron chi connectivity index (χ0n) is 15.6. The monoisotopic (exact) mass is 360 g/mol. The summed E-state index contributed by atoms with van der Waals surface area (Å²) in [5, 5.41) is 5.58. The Morgan fingerprint density at radius 3 is 2.04 bits per heavy atom. The number of rotatable bonds is 10. The summed E-state index contributed by atoms with van der Waals surface area (Å²) in [6.07, 6.45) is 1.43. The maximum absolute atomic E-state index is 12.2. The number of imide groups is 1. The summed E-state index contributed by atoms with van der Waals surface area (Å²) < 4.78 is 0. The number of nitrogens with one attached hydrogen (secondary N) is 2. The van der Waals surface area contributed by atoms with Crippen molar-refractivity contribution in [2.75, 3.05) is 39.3 Å². The van der Waals surface area contributed by atoms with Crippen molar-refractivity contribution in [1.82, 2.24) is 20.4 Å². The van der Waals surface area contributed by atoms with Crippen molar-refractivity contribution in [1.29, 1.82) is 0 Å². The van der Waals surface area contributed by atoms with Gasteiger partial charge in [-0.1, -0.05) is 26.0 Å². The molecule has 2 N–H and O–H groups in total. The van der Waals surface area contributed by atoms with Crippen LogP contribution in [0.15, 0.2) is 24.3 Å². The summed E-state index contributed by atoms with van der Waals surface area (Å²) in [6, 6.07) is 6.62. The maximum atomic E-state index is 12.2. The molecule has 1 aliphatic rings. The first kappa shape index (κ1) is 19.9. The average Bonchev–Trinajstić information content (AvgIpc) is 2.90. The van der Waals surface area contributed by atoms with Crippen LogP contribution in [0.3, 0.4) is 0 Å². The van der Waals surface area contributed by atoms with E-state index < -0.39 is 0 Å². The van der Waals surface area contributed by atoms with Crippen LogP contribution in [0.4, 0.5) is 4.79 Å². The molecule has 0 aromatic heterocycles. The van der Waals surface area contributed by atoms with Gasteiger partial charge in [0.05, 0.1) is 11.1 Å². The smallest absolute Gasteiger partial charge is 0.314 e. The van der Waals surface area contributed by atoms with Gasteiger partial charge in [0.25, 0.3) is 11.8 Å². The van der Waals surface area contributed by atoms with Gasteiger partial charge >= 0.3 is 6.03 Å². The molecule has 0 bridgehead atoms. The first-order chi connectivity index (χ1) is 12.6. The minimum absolute atomic E-state index is 0.216. The number of carbonyl (C=O) groups excluding carboxylic acids is 3. The number of hydrogen-bond acceptors (Lipinski definition) is 4. The van der Waals surface area contributed by atoms with Crippen molar-refractivity contribution in [3.63, 3.8) is 0 Å². The molecule has 2 rings (SSSR count). The van der Waals surface area contributed by atoms with Crippen LogP contribution in [-0.2, 0) is 0 Å². The third kappa shape index (κ3) is 5.05. The largest absolute Gasteiger partial charge is 0.338 e. The van der Waals surface area contributed by atoms with Gasteiger partial charge in [0.15, 0.2) is 0 Å². The minimum atomic E-state index is -0.258. The molecule has 142 valence electrons. The number of urea groups is 1. The second kappa shape index (κ2) is 9.91. The average molecular weight is 360 g/mol. The summed E-state index contributed by atoms with van der Waals surface area (Å²) >= 11 is 0. The van der Waals surface area contributed by atoms with Crippen molar-refractivity contribution < 1.29 is 14.4 Å². The van der Waals surface area contributed by atoms with E-state index in [1.807, 2.05) is 0 Å². The molecular weight excluding hydrogens is 332 g/mol. The van der Waals surface area contributed by atoms with Gasteiger partial charge in [-0.3, -0.25) is 14.5 Å². The zero-order valence-corrected chi connectivity index (χ0v) is 15.6. The molecule has 1 aliphatic heterocycles. The van der Waals surface area contributed by atoms with Crippen LogP contribution in [0.2, 0.25) is 0 Å². The van der Waals surface area contributed by atoms with E-state index in [0.29, 0.717) is 37.2 Å². The molecule has 1 aromatic rings. The van der Waals surface area contributed by atoms with Crippen molar-refractivity contribution in [3.05, 3.63) is 35.4 Å². The molecule has 0 fully saturated rings. The van der Waals surface area contributed by atoms with Gasteiger partial charge in [0.1, 0.15) is 0 Å². The normalized spacial score (nSPS) is 13.3. The molecule has 0 spiro atoms. The second-order valence-corrected chi connectivity index (χ2v) is 6.22. The number of amides is 4. The van der Waals surface area contributed by atoms with Gasteiger partial charge in [-0.05, 0) is 44.6 Å². The molecule has 4 amide bonds. The van der Waals surface area contributed by atoms with E-state index in [9.17, 15) is 14.4 Å². The predicted octanol–water partition coefficient (Wildman–Crippen LogP) is 1.70. The van der Waals surface area contributed by atoms with E-state index in [2.05, 4.69) is 29.4 Å². The SMILES string of the molecule is CCN(CC)CCCNC(=O)NCCCN1C(=O)c2ccccc2C1=O. The van der Waals surface area contributed by atoms with E-state index in [-0.39, 0.29) is 17.8 Å². The molecule has 1 heterocycles. The molecule has 7 nitrogen and oxygen atoms in total. The number of benzene rings is 1. The quantitative estimate of drug-likeness (QED) is 0.492. The summed E-state index contributed by atoms with van der Waals surface area (Å²) in [6.45, 7) is 8.58. The van der Waals surface area contributed by atoms with Crippen molar-refractivity contribution in [2.45, 2.75) is 26.7 Å². The summed E-state index contributed by atoms with van der Waals surface area (Å²) in [7, 11) is 0. The molecule has 0 atom stereocenters. The molecule has 26 heavy (non-hydrogen) atoms. The number of carbonyl (C=O) groups is 3. The topological polar surface area (TPSA) is 81.8 Å². The second-order valence-electron chi connectivity index (χ2n) is 6.22. The first-order valence-electron chi connectivity index (χ1n) is 9.27. The number of hydrogen-bond donors (Lipinski definition) is 2. The van der Waals surface area contributed by atoms with Gasteiger partial charge in [-0.15, -0.1) is 0 Å². The van der Waals surface area contributed by atoms with Gasteiger partial charge in [0, 0.05) is 19.6 Å². The van der Waals surface area contributed by atoms with Crippen LogP contribution in [0.1, 0.15) is 47.4 Å². The van der Waals surface area contributed by atoms with Gasteiger partial charge in [-0.2, -0.15) is 0 Å². The van der Waals surface area contributed by atoms with Crippen LogP contribution >= 0.6 is 0 Å². The molecule has 0 radical (unpaired) electrons. The highest BCUT2D eigenvalue weighted by Crippen LogP contribution is 2.22. The van der Waals surface area contributed by atoms with Crippen LogP contribution in [0.25, 0.3) is 0 Å². The Balaban J connectivity index is 1.61. The van der Waals surface area contributed by atoms with Gasteiger partial charge in [0.2, 0.25) is 0 Å².